The first kappa shape index (κ1) is 19.5. The summed E-state index contributed by atoms with van der Waals surface area (Å²) in [5.74, 6) is 0.735. The monoisotopic (exact) mass is 393 g/mol. The Morgan fingerprint density at radius 3 is 2.71 bits per heavy atom. The van der Waals surface area contributed by atoms with Gasteiger partial charge in [0.1, 0.15) is 12.4 Å². The average molecular weight is 394 g/mol. The summed E-state index contributed by atoms with van der Waals surface area (Å²) in [6.07, 6.45) is 1.67. The van der Waals surface area contributed by atoms with Crippen molar-refractivity contribution in [1.82, 2.24) is 4.57 Å². The molecule has 0 bridgehead atoms. The average Bonchev–Trinajstić information content (AvgIpc) is 2.98. The number of benzene rings is 2. The Kier molecular flexibility index (Phi) is 6.03. The highest BCUT2D eigenvalue weighted by Crippen LogP contribution is 2.30. The fraction of sp³-hybridized carbons (Fsp3) is 0.182. The molecule has 0 radical (unpaired) electrons. The Morgan fingerprint density at radius 2 is 1.96 bits per heavy atom. The molecule has 0 saturated carbocycles. The smallest absolute Gasteiger partial charge is 0.143 e. The zero-order valence-corrected chi connectivity index (χ0v) is 16.7. The van der Waals surface area contributed by atoms with Gasteiger partial charge >= 0.3 is 0 Å². The standard InChI is InChI=1S/C22H20ClN3O2/c1-15-10-19(13-25-28-14-18-7-5-4-6-17(18)12-24)16(2)26(15)21-11-20(23)8-9-22(21)27-3/h4-11,13H,14H2,1-3H3/b25-13-. The van der Waals surface area contributed by atoms with Crippen molar-refractivity contribution in [3.05, 3.63) is 81.6 Å². The Morgan fingerprint density at radius 1 is 1.18 bits per heavy atom. The van der Waals surface area contributed by atoms with E-state index < -0.39 is 0 Å². The molecule has 0 amide bonds. The zero-order chi connectivity index (χ0) is 20.1. The third-order valence-corrected chi connectivity index (χ3v) is 4.71. The van der Waals surface area contributed by atoms with Crippen LogP contribution in [0.25, 0.3) is 5.69 Å². The molecular weight excluding hydrogens is 374 g/mol. The highest BCUT2D eigenvalue weighted by Gasteiger charge is 2.14. The molecule has 0 spiro atoms. The molecule has 0 aliphatic heterocycles. The van der Waals surface area contributed by atoms with E-state index in [0.717, 1.165) is 34.0 Å². The molecule has 0 saturated heterocycles. The van der Waals surface area contributed by atoms with Crippen molar-refractivity contribution >= 4 is 17.8 Å². The highest BCUT2D eigenvalue weighted by atomic mass is 35.5. The lowest BCUT2D eigenvalue weighted by atomic mass is 10.1. The summed E-state index contributed by atoms with van der Waals surface area (Å²) >= 11 is 6.18. The van der Waals surface area contributed by atoms with Crippen LogP contribution in [-0.2, 0) is 11.4 Å². The van der Waals surface area contributed by atoms with E-state index in [2.05, 4.69) is 15.8 Å². The van der Waals surface area contributed by atoms with E-state index in [1.807, 2.05) is 50.2 Å². The summed E-state index contributed by atoms with van der Waals surface area (Å²) in [6.45, 7) is 4.25. The summed E-state index contributed by atoms with van der Waals surface area (Å²) in [7, 11) is 1.64. The first-order valence-corrected chi connectivity index (χ1v) is 9.09. The van der Waals surface area contributed by atoms with Crippen LogP contribution >= 0.6 is 11.6 Å². The fourth-order valence-electron chi connectivity index (χ4n) is 3.08. The van der Waals surface area contributed by atoms with E-state index in [1.54, 1.807) is 25.5 Å². The van der Waals surface area contributed by atoms with Crippen LogP contribution in [0.5, 0.6) is 5.75 Å². The second kappa shape index (κ2) is 8.64. The van der Waals surface area contributed by atoms with Gasteiger partial charge in [0.2, 0.25) is 0 Å². The van der Waals surface area contributed by atoms with Crippen LogP contribution in [-0.4, -0.2) is 17.9 Å². The number of ether oxygens (including phenoxy) is 1. The van der Waals surface area contributed by atoms with E-state index >= 15 is 0 Å². The van der Waals surface area contributed by atoms with E-state index in [-0.39, 0.29) is 6.61 Å². The number of rotatable bonds is 6. The molecule has 28 heavy (non-hydrogen) atoms. The molecule has 0 aliphatic carbocycles. The van der Waals surface area contributed by atoms with Gasteiger partial charge in [-0.3, -0.25) is 0 Å². The van der Waals surface area contributed by atoms with Gasteiger partial charge < -0.3 is 14.1 Å². The topological polar surface area (TPSA) is 59.5 Å². The summed E-state index contributed by atoms with van der Waals surface area (Å²) < 4.78 is 7.55. The Hall–Kier alpha value is -3.23. The Labute approximate surface area is 169 Å². The van der Waals surface area contributed by atoms with Crippen molar-refractivity contribution < 1.29 is 9.57 Å². The minimum Gasteiger partial charge on any atom is -0.495 e. The SMILES string of the molecule is COc1ccc(Cl)cc1-n1c(C)cc(/C=N\OCc2ccccc2C#N)c1C. The quantitative estimate of drug-likeness (QED) is 0.428. The lowest BCUT2D eigenvalue weighted by Gasteiger charge is -2.14. The molecule has 0 N–H and O–H groups in total. The predicted molar refractivity (Wildman–Crippen MR) is 110 cm³/mol. The maximum absolute atomic E-state index is 9.13. The lowest BCUT2D eigenvalue weighted by Crippen LogP contribution is -2.02. The van der Waals surface area contributed by atoms with Gasteiger partial charge in [-0.2, -0.15) is 5.26 Å². The van der Waals surface area contributed by atoms with Crippen LogP contribution in [0.2, 0.25) is 5.02 Å². The predicted octanol–water partition coefficient (Wildman–Crippen LogP) is 5.18. The highest BCUT2D eigenvalue weighted by molar-refractivity contribution is 6.30. The molecule has 0 atom stereocenters. The van der Waals surface area contributed by atoms with Crippen LogP contribution in [0.1, 0.15) is 28.1 Å². The van der Waals surface area contributed by atoms with Crippen LogP contribution in [0, 0.1) is 25.2 Å². The van der Waals surface area contributed by atoms with Crippen molar-refractivity contribution in [3.63, 3.8) is 0 Å². The third kappa shape index (κ3) is 4.03. The number of aryl methyl sites for hydroxylation is 1. The molecule has 142 valence electrons. The van der Waals surface area contributed by atoms with Crippen LogP contribution in [0.15, 0.2) is 53.7 Å². The summed E-state index contributed by atoms with van der Waals surface area (Å²) in [5.41, 5.74) is 5.19. The first-order valence-electron chi connectivity index (χ1n) is 8.71. The summed E-state index contributed by atoms with van der Waals surface area (Å²) in [6, 6.07) is 17.0. The van der Waals surface area contributed by atoms with E-state index in [0.29, 0.717) is 10.6 Å². The lowest BCUT2D eigenvalue weighted by molar-refractivity contribution is 0.132. The molecule has 0 fully saturated rings. The molecule has 1 aromatic heterocycles. The molecule has 5 nitrogen and oxygen atoms in total. The van der Waals surface area contributed by atoms with Crippen molar-refractivity contribution in [1.29, 1.82) is 5.26 Å². The van der Waals surface area contributed by atoms with Crippen molar-refractivity contribution in [3.8, 4) is 17.5 Å². The molecular formula is C22H20ClN3O2. The van der Waals surface area contributed by atoms with Gasteiger partial charge in [-0.15, -0.1) is 0 Å². The van der Waals surface area contributed by atoms with Gasteiger partial charge in [0, 0.05) is 27.5 Å². The number of hydrogen-bond acceptors (Lipinski definition) is 4. The summed E-state index contributed by atoms with van der Waals surface area (Å²) in [4.78, 5) is 5.40. The minimum absolute atomic E-state index is 0.237. The van der Waals surface area contributed by atoms with Crippen LogP contribution < -0.4 is 4.74 Å². The summed E-state index contributed by atoms with van der Waals surface area (Å²) in [5, 5.41) is 13.8. The van der Waals surface area contributed by atoms with Crippen molar-refractivity contribution in [2.75, 3.05) is 7.11 Å². The molecule has 0 unspecified atom stereocenters. The van der Waals surface area contributed by atoms with Gasteiger partial charge in [-0.1, -0.05) is 35.0 Å². The fourth-order valence-corrected chi connectivity index (χ4v) is 3.25. The molecule has 1 heterocycles. The number of nitrogens with zero attached hydrogens (tertiary/aromatic N) is 3. The third-order valence-electron chi connectivity index (χ3n) is 4.48. The van der Waals surface area contributed by atoms with Crippen LogP contribution in [0.3, 0.4) is 0 Å². The normalized spacial score (nSPS) is 10.8. The van der Waals surface area contributed by atoms with Gasteiger partial charge in [0.25, 0.3) is 0 Å². The Bertz CT molecular complexity index is 1060. The number of methoxy groups -OCH3 is 1. The maximum Gasteiger partial charge on any atom is 0.143 e. The number of hydrogen-bond donors (Lipinski definition) is 0. The number of halogens is 1. The molecule has 0 aliphatic rings. The van der Waals surface area contributed by atoms with Gasteiger partial charge in [0.15, 0.2) is 0 Å². The molecule has 3 aromatic rings. The second-order valence-electron chi connectivity index (χ2n) is 6.25. The largest absolute Gasteiger partial charge is 0.495 e. The molecule has 6 heteroatoms. The van der Waals surface area contributed by atoms with Gasteiger partial charge in [-0.05, 0) is 44.2 Å². The zero-order valence-electron chi connectivity index (χ0n) is 15.9. The van der Waals surface area contributed by atoms with Crippen molar-refractivity contribution in [2.45, 2.75) is 20.5 Å². The van der Waals surface area contributed by atoms with Crippen molar-refractivity contribution in [2.24, 2.45) is 5.16 Å². The van der Waals surface area contributed by atoms with Gasteiger partial charge in [-0.25, -0.2) is 0 Å². The van der Waals surface area contributed by atoms with E-state index in [4.69, 9.17) is 26.4 Å². The second-order valence-corrected chi connectivity index (χ2v) is 6.69. The minimum atomic E-state index is 0.237. The maximum atomic E-state index is 9.13. The molecule has 3 rings (SSSR count). The van der Waals surface area contributed by atoms with Gasteiger partial charge in [0.05, 0.1) is 30.6 Å². The van der Waals surface area contributed by atoms with E-state index in [9.17, 15) is 0 Å². The number of oxime groups is 1. The number of aromatic nitrogens is 1. The van der Waals surface area contributed by atoms with E-state index in [1.165, 1.54) is 0 Å². The number of nitriles is 1. The van der Waals surface area contributed by atoms with Crippen LogP contribution in [0.4, 0.5) is 0 Å². The molecule has 2 aromatic carbocycles. The Balaban J connectivity index is 1.82. The first-order chi connectivity index (χ1) is 13.5.